The Morgan fingerprint density at radius 3 is 2.26 bits per heavy atom. The Morgan fingerprint density at radius 1 is 1.32 bits per heavy atom. The highest BCUT2D eigenvalue weighted by Crippen LogP contribution is 2.58. The van der Waals surface area contributed by atoms with Gasteiger partial charge >= 0.3 is 5.97 Å². The monoisotopic (exact) mass is 261 g/mol. The lowest BCUT2D eigenvalue weighted by Gasteiger charge is -2.49. The third-order valence-electron chi connectivity index (χ3n) is 3.36. The first-order valence-electron chi connectivity index (χ1n) is 5.88. The molecule has 6 nitrogen and oxygen atoms in total. The molecule has 0 aromatic carbocycles. The molecule has 0 N–H and O–H groups in total. The van der Waals surface area contributed by atoms with E-state index in [-0.39, 0.29) is 12.3 Å². The van der Waals surface area contributed by atoms with Gasteiger partial charge in [-0.3, -0.25) is 4.79 Å². The fourth-order valence-electron chi connectivity index (χ4n) is 2.19. The van der Waals surface area contributed by atoms with Crippen molar-refractivity contribution in [1.29, 1.82) is 15.8 Å². The Morgan fingerprint density at radius 2 is 1.89 bits per heavy atom. The van der Waals surface area contributed by atoms with Crippen LogP contribution in [-0.4, -0.2) is 25.8 Å². The molecule has 100 valence electrons. The molecule has 0 amide bonds. The van der Waals surface area contributed by atoms with E-state index in [2.05, 4.69) is 4.74 Å². The molecule has 1 saturated carbocycles. The Hall–Kier alpha value is -2.10. The second-order valence-electron chi connectivity index (χ2n) is 4.96. The van der Waals surface area contributed by atoms with Crippen molar-refractivity contribution in [1.82, 2.24) is 0 Å². The van der Waals surface area contributed by atoms with Gasteiger partial charge in [-0.1, -0.05) is 13.8 Å². The highest BCUT2D eigenvalue weighted by molar-refractivity contribution is 5.85. The van der Waals surface area contributed by atoms with Crippen LogP contribution in [0.4, 0.5) is 0 Å². The molecule has 2 atom stereocenters. The number of rotatable bonds is 4. The van der Waals surface area contributed by atoms with Gasteiger partial charge in [-0.25, -0.2) is 0 Å². The smallest absolute Gasteiger partial charge is 0.329 e. The summed E-state index contributed by atoms with van der Waals surface area (Å²) in [5.74, 6) is -0.632. The van der Waals surface area contributed by atoms with E-state index >= 15 is 0 Å². The molecule has 0 heterocycles. The number of esters is 1. The number of hydrogen-bond acceptors (Lipinski definition) is 6. The number of methoxy groups -OCH3 is 1. The molecule has 0 bridgehead atoms. The van der Waals surface area contributed by atoms with Crippen molar-refractivity contribution in [3.8, 4) is 18.2 Å². The van der Waals surface area contributed by atoms with Crippen LogP contribution in [0.3, 0.4) is 0 Å². The van der Waals surface area contributed by atoms with E-state index in [1.54, 1.807) is 18.2 Å². The largest absolute Gasteiger partial charge is 0.468 e. The number of nitriles is 3. The second kappa shape index (κ2) is 5.26. The highest BCUT2D eigenvalue weighted by atomic mass is 16.5. The van der Waals surface area contributed by atoms with Crippen molar-refractivity contribution in [2.75, 3.05) is 13.7 Å². The van der Waals surface area contributed by atoms with Crippen molar-refractivity contribution >= 4 is 5.97 Å². The predicted octanol–water partition coefficient (Wildman–Crippen LogP) is 1.15. The maximum absolute atomic E-state index is 11.8. The van der Waals surface area contributed by atoms with Crippen molar-refractivity contribution in [2.45, 2.75) is 26.4 Å². The maximum Gasteiger partial charge on any atom is 0.329 e. The second-order valence-corrected chi connectivity index (χ2v) is 4.96. The lowest BCUT2D eigenvalue weighted by molar-refractivity contribution is -0.184. The molecule has 19 heavy (non-hydrogen) atoms. The molecule has 0 aromatic heterocycles. The fourth-order valence-corrected chi connectivity index (χ4v) is 2.19. The van der Waals surface area contributed by atoms with Crippen LogP contribution in [0.5, 0.6) is 0 Å². The molecule has 1 aliphatic rings. The van der Waals surface area contributed by atoms with Gasteiger partial charge in [0.15, 0.2) is 10.8 Å². The lowest BCUT2D eigenvalue weighted by atomic mass is 9.49. The summed E-state index contributed by atoms with van der Waals surface area (Å²) in [6.07, 6.45) is -0.743. The van der Waals surface area contributed by atoms with Crippen molar-refractivity contribution in [3.63, 3.8) is 0 Å². The molecular formula is C13H15N3O3. The summed E-state index contributed by atoms with van der Waals surface area (Å²) in [6.45, 7) is 4.21. The van der Waals surface area contributed by atoms with Gasteiger partial charge in [-0.2, -0.15) is 15.8 Å². The molecule has 0 unspecified atom stereocenters. The number of carbonyl (C=O) groups is 1. The summed E-state index contributed by atoms with van der Waals surface area (Å²) in [5, 5.41) is 27.8. The number of carbonyl (C=O) groups excluding carboxylic acids is 1. The van der Waals surface area contributed by atoms with Gasteiger partial charge < -0.3 is 9.47 Å². The molecule has 0 aromatic rings. The average molecular weight is 261 g/mol. The van der Waals surface area contributed by atoms with E-state index in [1.807, 2.05) is 13.8 Å². The summed E-state index contributed by atoms with van der Waals surface area (Å²) >= 11 is 0. The molecule has 1 fully saturated rings. The van der Waals surface area contributed by atoms with Crippen LogP contribution in [0.2, 0.25) is 0 Å². The lowest BCUT2D eigenvalue weighted by Crippen LogP contribution is -2.64. The van der Waals surface area contributed by atoms with Gasteiger partial charge in [-0.05, 0) is 5.92 Å². The minimum atomic E-state index is -1.80. The van der Waals surface area contributed by atoms with Gasteiger partial charge in [0.2, 0.25) is 0 Å². The first kappa shape index (κ1) is 15.0. The summed E-state index contributed by atoms with van der Waals surface area (Å²) in [6, 6.07) is 5.35. The molecule has 6 heteroatoms. The van der Waals surface area contributed by atoms with Crippen molar-refractivity contribution in [3.05, 3.63) is 0 Å². The number of ether oxygens (including phenoxy) is 2. The van der Waals surface area contributed by atoms with Crippen molar-refractivity contribution in [2.24, 2.45) is 16.7 Å². The average Bonchev–Trinajstić information content (AvgIpc) is 2.39. The van der Waals surface area contributed by atoms with Crippen LogP contribution >= 0.6 is 0 Å². The van der Waals surface area contributed by atoms with E-state index in [4.69, 9.17) is 4.74 Å². The normalized spacial score (nSPS) is 27.5. The molecular weight excluding hydrogens is 246 g/mol. The quantitative estimate of drug-likeness (QED) is 0.702. The van der Waals surface area contributed by atoms with Gasteiger partial charge in [0, 0.05) is 13.0 Å². The number of hydrogen-bond donors (Lipinski definition) is 0. The molecule has 1 aliphatic carbocycles. The Labute approximate surface area is 112 Å². The van der Waals surface area contributed by atoms with Gasteiger partial charge in [-0.15, -0.1) is 0 Å². The number of nitrogens with zero attached hydrogens (tertiary/aromatic N) is 3. The molecule has 0 radical (unpaired) electrons. The predicted molar refractivity (Wildman–Crippen MR) is 62.9 cm³/mol. The third-order valence-corrected chi connectivity index (χ3v) is 3.36. The van der Waals surface area contributed by atoms with E-state index in [0.29, 0.717) is 6.61 Å². The van der Waals surface area contributed by atoms with Gasteiger partial charge in [0.1, 0.15) is 0 Å². The Balaban J connectivity index is 3.09. The van der Waals surface area contributed by atoms with Gasteiger partial charge in [0.05, 0.1) is 31.4 Å². The van der Waals surface area contributed by atoms with E-state index in [0.717, 1.165) is 7.11 Å². The summed E-state index contributed by atoms with van der Waals surface area (Å²) < 4.78 is 10.0. The molecule has 0 spiro atoms. The van der Waals surface area contributed by atoms with E-state index in [1.165, 1.54) is 0 Å². The summed E-state index contributed by atoms with van der Waals surface area (Å²) in [4.78, 5) is 11.8. The highest BCUT2D eigenvalue weighted by Gasteiger charge is 2.74. The van der Waals surface area contributed by atoms with Crippen molar-refractivity contribution < 1.29 is 14.3 Å². The summed E-state index contributed by atoms with van der Waals surface area (Å²) in [5.41, 5.74) is -3.56. The zero-order valence-corrected chi connectivity index (χ0v) is 11.1. The zero-order chi connectivity index (χ0) is 14.7. The third kappa shape index (κ3) is 1.93. The SMILES string of the molecule is COC(=O)[C@@]1(C#N)C[C@@H](OCC(C)C)C1(C#N)C#N. The Bertz CT molecular complexity index is 481. The first-order chi connectivity index (χ1) is 8.94. The molecule has 0 saturated heterocycles. The minimum Gasteiger partial charge on any atom is -0.468 e. The minimum absolute atomic E-state index is 0.00398. The van der Waals surface area contributed by atoms with Crippen LogP contribution in [0.1, 0.15) is 20.3 Å². The standard InChI is InChI=1S/C13H15N3O3/c1-9(2)5-19-10-4-12(6-14,11(17)18-3)13(10,7-15)8-16/h9-10H,4-5H2,1-3H3/t10-,12+/m1/s1. The van der Waals surface area contributed by atoms with E-state index < -0.39 is 22.9 Å². The zero-order valence-electron chi connectivity index (χ0n) is 11.1. The summed E-state index contributed by atoms with van der Waals surface area (Å²) in [7, 11) is 1.13. The molecule has 1 rings (SSSR count). The van der Waals surface area contributed by atoms with E-state index in [9.17, 15) is 20.6 Å². The topological polar surface area (TPSA) is 107 Å². The van der Waals surface area contributed by atoms with Crippen LogP contribution in [-0.2, 0) is 14.3 Å². The van der Waals surface area contributed by atoms with Gasteiger partial charge in [0.25, 0.3) is 0 Å². The molecule has 0 aliphatic heterocycles. The maximum atomic E-state index is 11.8. The van der Waals surface area contributed by atoms with Crippen LogP contribution in [0.25, 0.3) is 0 Å². The van der Waals surface area contributed by atoms with Crippen LogP contribution < -0.4 is 0 Å². The Kier molecular flexibility index (Phi) is 4.14. The van der Waals surface area contributed by atoms with Crippen LogP contribution in [0.15, 0.2) is 0 Å². The van der Waals surface area contributed by atoms with Crippen LogP contribution in [0, 0.1) is 50.7 Å². The fraction of sp³-hybridized carbons (Fsp3) is 0.692. The first-order valence-corrected chi connectivity index (χ1v) is 5.88.